The van der Waals surface area contributed by atoms with E-state index in [1.165, 1.54) is 12.8 Å². The molecule has 0 amide bonds. The molecule has 15 heavy (non-hydrogen) atoms. The van der Waals surface area contributed by atoms with Crippen LogP contribution < -0.4 is 5.32 Å². The summed E-state index contributed by atoms with van der Waals surface area (Å²) in [7, 11) is 4.27. The second-order valence-corrected chi connectivity index (χ2v) is 5.80. The van der Waals surface area contributed by atoms with Crippen LogP contribution >= 0.6 is 0 Å². The molecule has 0 fully saturated rings. The Kier molecular flexibility index (Phi) is 6.46. The van der Waals surface area contributed by atoms with Gasteiger partial charge in [0.2, 0.25) is 0 Å². The highest BCUT2D eigenvalue weighted by Gasteiger charge is 2.26. The quantitative estimate of drug-likeness (QED) is 0.684. The average Bonchev–Trinajstić information content (AvgIpc) is 2.14. The summed E-state index contributed by atoms with van der Waals surface area (Å²) in [5.74, 6) is 0. The Labute approximate surface area is 96.4 Å². The van der Waals surface area contributed by atoms with Crippen LogP contribution in [0.15, 0.2) is 0 Å². The molecule has 0 aliphatic carbocycles. The number of hydrogen-bond acceptors (Lipinski definition) is 2. The van der Waals surface area contributed by atoms with E-state index < -0.39 is 0 Å². The highest BCUT2D eigenvalue weighted by atomic mass is 15.2. The minimum absolute atomic E-state index is 0.367. The van der Waals surface area contributed by atoms with Gasteiger partial charge in [-0.1, -0.05) is 20.8 Å². The molecule has 0 aliphatic heterocycles. The van der Waals surface area contributed by atoms with Gasteiger partial charge in [-0.05, 0) is 52.7 Å². The van der Waals surface area contributed by atoms with E-state index in [1.54, 1.807) is 0 Å². The molecule has 0 aromatic rings. The third-order valence-corrected chi connectivity index (χ3v) is 3.61. The Morgan fingerprint density at radius 2 is 1.73 bits per heavy atom. The third kappa shape index (κ3) is 5.53. The molecule has 2 unspecified atom stereocenters. The van der Waals surface area contributed by atoms with E-state index in [2.05, 4.69) is 51.9 Å². The maximum absolute atomic E-state index is 3.20. The first kappa shape index (κ1) is 14.9. The summed E-state index contributed by atoms with van der Waals surface area (Å²) in [6, 6.07) is 1.30. The van der Waals surface area contributed by atoms with Crippen LogP contribution in [0.25, 0.3) is 0 Å². The highest BCUT2D eigenvalue weighted by molar-refractivity contribution is 4.80. The van der Waals surface area contributed by atoms with Gasteiger partial charge in [-0.25, -0.2) is 0 Å². The first-order valence-electron chi connectivity index (χ1n) is 6.17. The monoisotopic (exact) mass is 214 g/mol. The number of hydrogen-bond donors (Lipinski definition) is 1. The van der Waals surface area contributed by atoms with Crippen LogP contribution in [-0.4, -0.2) is 37.6 Å². The Hall–Kier alpha value is -0.0800. The van der Waals surface area contributed by atoms with Gasteiger partial charge in [-0.3, -0.25) is 0 Å². The van der Waals surface area contributed by atoms with Crippen molar-refractivity contribution in [1.82, 2.24) is 10.2 Å². The zero-order valence-corrected chi connectivity index (χ0v) is 11.7. The van der Waals surface area contributed by atoms with Crippen molar-refractivity contribution in [2.45, 2.75) is 59.5 Å². The van der Waals surface area contributed by atoms with Crippen LogP contribution in [0.5, 0.6) is 0 Å². The molecule has 2 atom stereocenters. The van der Waals surface area contributed by atoms with Crippen LogP contribution in [0.4, 0.5) is 0 Å². The number of rotatable bonds is 6. The van der Waals surface area contributed by atoms with Gasteiger partial charge in [0.15, 0.2) is 0 Å². The van der Waals surface area contributed by atoms with Crippen molar-refractivity contribution in [3.05, 3.63) is 0 Å². The summed E-state index contributed by atoms with van der Waals surface area (Å²) < 4.78 is 0. The van der Waals surface area contributed by atoms with Gasteiger partial charge in [0.25, 0.3) is 0 Å². The first-order chi connectivity index (χ1) is 6.80. The second kappa shape index (κ2) is 6.49. The zero-order valence-electron chi connectivity index (χ0n) is 11.7. The molecule has 2 nitrogen and oxygen atoms in total. The molecule has 0 aliphatic rings. The zero-order chi connectivity index (χ0) is 12.1. The van der Waals surface area contributed by atoms with Crippen molar-refractivity contribution in [3.8, 4) is 0 Å². The smallest absolute Gasteiger partial charge is 0.0115 e. The summed E-state index contributed by atoms with van der Waals surface area (Å²) in [6.07, 6.45) is 2.54. The molecule has 2 heteroatoms. The van der Waals surface area contributed by atoms with Gasteiger partial charge in [-0.2, -0.15) is 0 Å². The molecule has 0 saturated carbocycles. The van der Waals surface area contributed by atoms with Crippen molar-refractivity contribution >= 4 is 0 Å². The van der Waals surface area contributed by atoms with Gasteiger partial charge in [0.05, 0.1) is 0 Å². The first-order valence-corrected chi connectivity index (χ1v) is 6.17. The van der Waals surface area contributed by atoms with Crippen molar-refractivity contribution < 1.29 is 0 Å². The lowest BCUT2D eigenvalue weighted by Crippen LogP contribution is -2.44. The van der Waals surface area contributed by atoms with Gasteiger partial charge < -0.3 is 10.2 Å². The minimum atomic E-state index is 0.367. The fraction of sp³-hybridized carbons (Fsp3) is 1.00. The fourth-order valence-electron chi connectivity index (χ4n) is 1.77. The summed E-state index contributed by atoms with van der Waals surface area (Å²) in [4.78, 5) is 2.51. The van der Waals surface area contributed by atoms with E-state index in [0.717, 1.165) is 6.54 Å². The molecule has 0 spiro atoms. The molecule has 0 aromatic heterocycles. The highest BCUT2D eigenvalue weighted by Crippen LogP contribution is 2.25. The van der Waals surface area contributed by atoms with Gasteiger partial charge in [-0.15, -0.1) is 0 Å². The van der Waals surface area contributed by atoms with Gasteiger partial charge in [0.1, 0.15) is 0 Å². The minimum Gasteiger partial charge on any atom is -0.320 e. The molecule has 0 rings (SSSR count). The lowest BCUT2D eigenvalue weighted by atomic mass is 9.86. The Morgan fingerprint density at radius 3 is 2.13 bits per heavy atom. The van der Waals surface area contributed by atoms with E-state index in [9.17, 15) is 0 Å². The summed E-state index contributed by atoms with van der Waals surface area (Å²) >= 11 is 0. The molecule has 0 saturated heterocycles. The Bertz CT molecular complexity index is 160. The van der Waals surface area contributed by atoms with Crippen molar-refractivity contribution in [2.24, 2.45) is 5.41 Å². The molecular weight excluding hydrogens is 184 g/mol. The van der Waals surface area contributed by atoms with Crippen molar-refractivity contribution in [3.63, 3.8) is 0 Å². The largest absolute Gasteiger partial charge is 0.320 e. The fourth-order valence-corrected chi connectivity index (χ4v) is 1.77. The van der Waals surface area contributed by atoms with Crippen molar-refractivity contribution in [2.75, 3.05) is 20.6 Å². The normalized spacial score (nSPS) is 16.8. The standard InChI is InChI=1S/C13H30N2/c1-11(9-8-10-14-6)15(7)12(2)13(3,4)5/h11-12,14H,8-10H2,1-7H3. The lowest BCUT2D eigenvalue weighted by molar-refractivity contribution is 0.0995. The van der Waals surface area contributed by atoms with Crippen LogP contribution in [0.3, 0.4) is 0 Å². The second-order valence-electron chi connectivity index (χ2n) is 5.80. The predicted octanol–water partition coefficient (Wildman–Crippen LogP) is 2.74. The summed E-state index contributed by atoms with van der Waals surface area (Å²) in [5.41, 5.74) is 0.367. The van der Waals surface area contributed by atoms with E-state index in [0.29, 0.717) is 17.5 Å². The summed E-state index contributed by atoms with van der Waals surface area (Å²) in [6.45, 7) is 12.7. The molecule has 0 heterocycles. The maximum atomic E-state index is 3.20. The SMILES string of the molecule is CNCCCC(C)N(C)C(C)C(C)(C)C. The Morgan fingerprint density at radius 1 is 1.20 bits per heavy atom. The van der Waals surface area contributed by atoms with Gasteiger partial charge in [0, 0.05) is 12.1 Å². The van der Waals surface area contributed by atoms with E-state index in [-0.39, 0.29) is 0 Å². The molecule has 92 valence electrons. The third-order valence-electron chi connectivity index (χ3n) is 3.61. The molecule has 0 bridgehead atoms. The molecule has 1 N–H and O–H groups in total. The number of nitrogens with zero attached hydrogens (tertiary/aromatic N) is 1. The van der Waals surface area contributed by atoms with Crippen LogP contribution in [0, 0.1) is 5.41 Å². The van der Waals surface area contributed by atoms with E-state index in [1.807, 2.05) is 7.05 Å². The molecular formula is C13H30N2. The molecule has 0 radical (unpaired) electrons. The number of nitrogens with one attached hydrogen (secondary N) is 1. The Balaban J connectivity index is 4.02. The van der Waals surface area contributed by atoms with Crippen molar-refractivity contribution in [1.29, 1.82) is 0 Å². The topological polar surface area (TPSA) is 15.3 Å². The molecule has 0 aromatic carbocycles. The average molecular weight is 214 g/mol. The van der Waals surface area contributed by atoms with Gasteiger partial charge >= 0.3 is 0 Å². The summed E-state index contributed by atoms with van der Waals surface area (Å²) in [5, 5.41) is 3.20. The van der Waals surface area contributed by atoms with Crippen LogP contribution in [-0.2, 0) is 0 Å². The maximum Gasteiger partial charge on any atom is 0.0115 e. The lowest BCUT2D eigenvalue weighted by Gasteiger charge is -2.39. The van der Waals surface area contributed by atoms with Crippen LogP contribution in [0.2, 0.25) is 0 Å². The van der Waals surface area contributed by atoms with E-state index >= 15 is 0 Å². The van der Waals surface area contributed by atoms with E-state index in [4.69, 9.17) is 0 Å². The predicted molar refractivity (Wildman–Crippen MR) is 69.3 cm³/mol. The van der Waals surface area contributed by atoms with Crippen LogP contribution in [0.1, 0.15) is 47.5 Å².